The van der Waals surface area contributed by atoms with Crippen molar-refractivity contribution in [3.63, 3.8) is 0 Å². The predicted molar refractivity (Wildman–Crippen MR) is 44.1 cm³/mol. The Kier molecular flexibility index (Phi) is 2.44. The van der Waals surface area contributed by atoms with Gasteiger partial charge in [0, 0.05) is 11.7 Å². The summed E-state index contributed by atoms with van der Waals surface area (Å²) in [6.07, 6.45) is 2.06. The van der Waals surface area contributed by atoms with E-state index in [1.54, 1.807) is 6.08 Å². The van der Waals surface area contributed by atoms with Crippen LogP contribution in [0.1, 0.15) is 20.3 Å². The van der Waals surface area contributed by atoms with E-state index in [4.69, 9.17) is 0 Å². The molecule has 0 radical (unpaired) electrons. The van der Waals surface area contributed by atoms with Crippen LogP contribution >= 0.6 is 0 Å². The molecular formula is C7H11NO2S. The van der Waals surface area contributed by atoms with E-state index >= 15 is 0 Å². The molecule has 4 heteroatoms. The number of rotatable bonds is 2. The molecule has 62 valence electrons. The fourth-order valence-electron chi connectivity index (χ4n) is 0.811. The lowest BCUT2D eigenvalue weighted by molar-refractivity contribution is -0.118. The molecule has 0 spiro atoms. The zero-order valence-corrected chi connectivity index (χ0v) is 7.40. The molecule has 0 aromatic rings. The van der Waals surface area contributed by atoms with E-state index in [0.29, 0.717) is 11.4 Å². The minimum Gasteiger partial charge on any atom is -0.319 e. The third-order valence-corrected chi connectivity index (χ3v) is 2.94. The number of hydrogen-bond donors (Lipinski definition) is 1. The number of nitrogens with one attached hydrogen (secondary N) is 1. The molecule has 0 aliphatic carbocycles. The molecule has 1 rings (SSSR count). The van der Waals surface area contributed by atoms with Crippen LogP contribution in [0.4, 0.5) is 0 Å². The summed E-state index contributed by atoms with van der Waals surface area (Å²) >= 11 is 0. The van der Waals surface area contributed by atoms with Crippen molar-refractivity contribution >= 4 is 16.7 Å². The molecule has 1 unspecified atom stereocenters. The second kappa shape index (κ2) is 3.17. The number of carbonyl (C=O) groups is 1. The van der Waals surface area contributed by atoms with E-state index in [1.165, 1.54) is 0 Å². The molecule has 1 amide bonds. The third-order valence-electron chi connectivity index (χ3n) is 1.38. The lowest BCUT2D eigenvalue weighted by Gasteiger charge is -2.05. The molecule has 1 N–H and O–H groups in total. The van der Waals surface area contributed by atoms with Crippen LogP contribution in [0.3, 0.4) is 0 Å². The maximum absolute atomic E-state index is 11.3. The van der Waals surface area contributed by atoms with Crippen LogP contribution in [0.25, 0.3) is 0 Å². The van der Waals surface area contributed by atoms with Crippen LogP contribution < -0.4 is 5.32 Å². The van der Waals surface area contributed by atoms with E-state index < -0.39 is 10.8 Å². The summed E-state index contributed by atoms with van der Waals surface area (Å²) in [5.41, 5.74) is 0. The van der Waals surface area contributed by atoms with E-state index in [-0.39, 0.29) is 11.2 Å². The van der Waals surface area contributed by atoms with Crippen molar-refractivity contribution in [3.8, 4) is 0 Å². The van der Waals surface area contributed by atoms with E-state index in [1.807, 2.05) is 13.8 Å². The van der Waals surface area contributed by atoms with Gasteiger partial charge in [-0.15, -0.1) is 0 Å². The lowest BCUT2D eigenvalue weighted by Crippen LogP contribution is -2.21. The molecule has 0 bridgehead atoms. The molecule has 0 aromatic heterocycles. The Balaban J connectivity index is 2.63. The molecular weight excluding hydrogens is 162 g/mol. The third kappa shape index (κ3) is 1.89. The van der Waals surface area contributed by atoms with Crippen LogP contribution in [-0.4, -0.2) is 15.4 Å². The van der Waals surface area contributed by atoms with E-state index in [2.05, 4.69) is 5.32 Å². The summed E-state index contributed by atoms with van der Waals surface area (Å²) in [5.74, 6) is -0.0611. The Morgan fingerprint density at radius 1 is 1.64 bits per heavy atom. The zero-order chi connectivity index (χ0) is 8.43. The van der Waals surface area contributed by atoms with E-state index in [9.17, 15) is 9.00 Å². The molecule has 0 saturated heterocycles. The molecule has 1 atom stereocenters. The summed E-state index contributed by atoms with van der Waals surface area (Å²) in [5, 5.41) is 3.20. The predicted octanol–water partition coefficient (Wildman–Crippen LogP) is 0.505. The van der Waals surface area contributed by atoms with Gasteiger partial charge in [0.1, 0.15) is 5.03 Å². The first-order valence-corrected chi connectivity index (χ1v) is 4.73. The van der Waals surface area contributed by atoms with Crippen molar-refractivity contribution in [2.75, 3.05) is 0 Å². The Morgan fingerprint density at radius 3 is 2.64 bits per heavy atom. The smallest absolute Gasteiger partial charge is 0.228 e. The molecule has 3 nitrogen and oxygen atoms in total. The van der Waals surface area contributed by atoms with Gasteiger partial charge in [-0.2, -0.15) is 0 Å². The van der Waals surface area contributed by atoms with Gasteiger partial charge in [-0.1, -0.05) is 13.8 Å². The topological polar surface area (TPSA) is 46.2 Å². The van der Waals surface area contributed by atoms with Crippen molar-refractivity contribution in [3.05, 3.63) is 11.1 Å². The molecule has 11 heavy (non-hydrogen) atoms. The number of carbonyl (C=O) groups excluding carboxylic acids is 1. The van der Waals surface area contributed by atoms with Gasteiger partial charge in [-0.05, 0) is 6.08 Å². The summed E-state index contributed by atoms with van der Waals surface area (Å²) in [6.45, 7) is 3.73. The van der Waals surface area contributed by atoms with Gasteiger partial charge < -0.3 is 5.32 Å². The van der Waals surface area contributed by atoms with Crippen LogP contribution in [0.5, 0.6) is 0 Å². The quantitative estimate of drug-likeness (QED) is 0.661. The van der Waals surface area contributed by atoms with Crippen molar-refractivity contribution in [2.24, 2.45) is 0 Å². The van der Waals surface area contributed by atoms with Gasteiger partial charge in [0.05, 0.1) is 10.8 Å². The summed E-state index contributed by atoms with van der Waals surface area (Å²) in [4.78, 5) is 10.7. The molecule has 0 aromatic carbocycles. The highest BCUT2D eigenvalue weighted by Crippen LogP contribution is 2.10. The largest absolute Gasteiger partial charge is 0.319 e. The summed E-state index contributed by atoms with van der Waals surface area (Å²) < 4.78 is 11.3. The Morgan fingerprint density at radius 2 is 2.27 bits per heavy atom. The van der Waals surface area contributed by atoms with Crippen LogP contribution in [0.15, 0.2) is 11.1 Å². The Hall–Kier alpha value is -0.640. The van der Waals surface area contributed by atoms with Crippen molar-refractivity contribution < 1.29 is 9.00 Å². The minimum atomic E-state index is -1.04. The van der Waals surface area contributed by atoms with Crippen molar-refractivity contribution in [1.82, 2.24) is 5.32 Å². The molecule has 1 heterocycles. The van der Waals surface area contributed by atoms with Crippen LogP contribution in [-0.2, 0) is 15.6 Å². The molecule has 0 fully saturated rings. The van der Waals surface area contributed by atoms with Gasteiger partial charge in [0.2, 0.25) is 5.91 Å². The Bertz CT molecular complexity index is 233. The first-order chi connectivity index (χ1) is 5.11. The highest BCUT2D eigenvalue weighted by Gasteiger charge is 2.18. The van der Waals surface area contributed by atoms with E-state index in [0.717, 1.165) is 0 Å². The van der Waals surface area contributed by atoms with Gasteiger partial charge in [-0.3, -0.25) is 9.00 Å². The number of amides is 1. The molecule has 1 aliphatic rings. The molecule has 1 aliphatic heterocycles. The Labute approximate surface area is 68.3 Å². The van der Waals surface area contributed by atoms with Gasteiger partial charge in [-0.25, -0.2) is 0 Å². The van der Waals surface area contributed by atoms with Gasteiger partial charge >= 0.3 is 0 Å². The fraction of sp³-hybridized carbons (Fsp3) is 0.571. The van der Waals surface area contributed by atoms with Crippen molar-refractivity contribution in [1.29, 1.82) is 0 Å². The minimum absolute atomic E-state index is 0.0611. The molecule has 0 saturated carbocycles. The first-order valence-electron chi connectivity index (χ1n) is 3.52. The first kappa shape index (κ1) is 8.46. The van der Waals surface area contributed by atoms with Crippen LogP contribution in [0, 0.1) is 0 Å². The average Bonchev–Trinajstić information content (AvgIpc) is 2.34. The highest BCUT2D eigenvalue weighted by molar-refractivity contribution is 7.89. The summed E-state index contributed by atoms with van der Waals surface area (Å²) in [6, 6.07) is 0. The standard InChI is InChI=1S/C7H11NO2S/c1-5(2)11(10)7-4-3-6(9)8-7/h4-5H,3H2,1-2H3,(H,8,9). The highest BCUT2D eigenvalue weighted by atomic mass is 32.2. The van der Waals surface area contributed by atoms with Gasteiger partial charge in [0.15, 0.2) is 0 Å². The van der Waals surface area contributed by atoms with Gasteiger partial charge in [0.25, 0.3) is 0 Å². The monoisotopic (exact) mass is 173 g/mol. The SMILES string of the molecule is CC(C)S(=O)C1=CCC(=O)N1. The second-order valence-corrected chi connectivity index (χ2v) is 4.64. The number of hydrogen-bond acceptors (Lipinski definition) is 2. The van der Waals surface area contributed by atoms with Crippen molar-refractivity contribution in [2.45, 2.75) is 25.5 Å². The fourth-order valence-corrected chi connectivity index (χ4v) is 1.78. The summed E-state index contributed by atoms with van der Waals surface area (Å²) in [7, 11) is -1.04. The maximum atomic E-state index is 11.3. The average molecular weight is 173 g/mol. The maximum Gasteiger partial charge on any atom is 0.228 e. The van der Waals surface area contributed by atoms with Crippen LogP contribution in [0.2, 0.25) is 0 Å². The zero-order valence-electron chi connectivity index (χ0n) is 6.59. The lowest BCUT2D eigenvalue weighted by atomic mass is 10.5. The second-order valence-electron chi connectivity index (χ2n) is 2.67. The normalized spacial score (nSPS) is 19.9.